The zero-order chi connectivity index (χ0) is 14.2. The summed E-state index contributed by atoms with van der Waals surface area (Å²) in [4.78, 5) is 21.9. The number of carboxylic acids is 1. The fourth-order valence-corrected chi connectivity index (χ4v) is 1.88. The third-order valence-electron chi connectivity index (χ3n) is 2.72. The number of hydrogen-bond acceptors (Lipinski definition) is 4. The lowest BCUT2D eigenvalue weighted by atomic mass is 10.0. The van der Waals surface area contributed by atoms with Gasteiger partial charge in [0.15, 0.2) is 0 Å². The van der Waals surface area contributed by atoms with Crippen molar-refractivity contribution in [2.24, 2.45) is 0 Å². The highest BCUT2D eigenvalue weighted by Crippen LogP contribution is 2.37. The van der Waals surface area contributed by atoms with E-state index in [9.17, 15) is 9.59 Å². The number of carboxylic acid groups (broad SMARTS) is 1. The Bertz CT molecular complexity index is 650. The predicted octanol–water partition coefficient (Wildman–Crippen LogP) is 2.72. The minimum Gasteiger partial charge on any atom is -0.478 e. The van der Waals surface area contributed by atoms with Crippen molar-refractivity contribution in [2.75, 3.05) is 0 Å². The van der Waals surface area contributed by atoms with Crippen LogP contribution in [0.25, 0.3) is 16.7 Å². The summed E-state index contributed by atoms with van der Waals surface area (Å²) in [6, 6.07) is 4.89. The van der Waals surface area contributed by atoms with E-state index in [4.69, 9.17) is 14.3 Å². The largest absolute Gasteiger partial charge is 0.478 e. The molecule has 0 fully saturated rings. The molecule has 0 spiro atoms. The van der Waals surface area contributed by atoms with E-state index in [0.717, 1.165) is 5.56 Å². The molecule has 0 amide bonds. The summed E-state index contributed by atoms with van der Waals surface area (Å²) in [5.74, 6) is -1.03. The second-order valence-electron chi connectivity index (χ2n) is 4.07. The van der Waals surface area contributed by atoms with Crippen LogP contribution in [-0.4, -0.2) is 17.0 Å². The molecule has 5 nitrogen and oxygen atoms in total. The molecule has 2 rings (SSSR count). The van der Waals surface area contributed by atoms with Crippen molar-refractivity contribution < 1.29 is 23.8 Å². The average molecular weight is 260 g/mol. The van der Waals surface area contributed by atoms with E-state index < -0.39 is 11.9 Å². The molecule has 0 atom stereocenters. The molecule has 1 heterocycles. The molecule has 98 valence electrons. The normalized spacial score (nSPS) is 10.4. The van der Waals surface area contributed by atoms with Crippen LogP contribution in [0, 0.1) is 6.92 Å². The molecule has 0 radical (unpaired) electrons. The standard InChI is InChI=1S/C14H12O5/c1-7(14(16)17)10-4-5-11-8(2)18-13(6-12(10)11)19-9(3)15/h4-6H,1H2,2-3H3,(H,16,17). The van der Waals surface area contributed by atoms with Crippen molar-refractivity contribution in [1.29, 1.82) is 0 Å². The van der Waals surface area contributed by atoms with E-state index in [1.807, 2.05) is 0 Å². The lowest BCUT2D eigenvalue weighted by molar-refractivity contribution is -0.133. The monoisotopic (exact) mass is 260 g/mol. The number of ether oxygens (including phenoxy) is 1. The molecule has 1 aliphatic carbocycles. The lowest BCUT2D eigenvalue weighted by Gasteiger charge is -2.09. The van der Waals surface area contributed by atoms with Gasteiger partial charge in [0, 0.05) is 24.1 Å². The molecule has 0 bridgehead atoms. The first-order valence-electron chi connectivity index (χ1n) is 5.54. The van der Waals surface area contributed by atoms with E-state index in [1.165, 1.54) is 13.0 Å². The average Bonchev–Trinajstić information content (AvgIpc) is 2.71. The second-order valence-corrected chi connectivity index (χ2v) is 4.07. The van der Waals surface area contributed by atoms with Gasteiger partial charge < -0.3 is 14.3 Å². The maximum atomic E-state index is 11.0. The van der Waals surface area contributed by atoms with Crippen molar-refractivity contribution in [3.05, 3.63) is 36.1 Å². The molecule has 2 aliphatic rings. The maximum absolute atomic E-state index is 11.0. The van der Waals surface area contributed by atoms with Crippen molar-refractivity contribution in [3.63, 3.8) is 0 Å². The Balaban J connectivity index is 2.57. The van der Waals surface area contributed by atoms with Crippen LogP contribution in [0.2, 0.25) is 0 Å². The minimum atomic E-state index is -1.10. The number of aryl methyl sites for hydroxylation is 1. The van der Waals surface area contributed by atoms with Gasteiger partial charge in [0.1, 0.15) is 5.76 Å². The van der Waals surface area contributed by atoms with Crippen LogP contribution in [0.1, 0.15) is 18.2 Å². The number of aliphatic carboxylic acids is 1. The van der Waals surface area contributed by atoms with Crippen LogP contribution in [0.4, 0.5) is 0 Å². The highest BCUT2D eigenvalue weighted by Gasteiger charge is 2.20. The third kappa shape index (κ3) is 2.35. The Kier molecular flexibility index (Phi) is 3.12. The summed E-state index contributed by atoms with van der Waals surface area (Å²) in [5.41, 5.74) is 1.85. The molecule has 1 N–H and O–H groups in total. The van der Waals surface area contributed by atoms with Gasteiger partial charge in [0.25, 0.3) is 5.95 Å². The predicted molar refractivity (Wildman–Crippen MR) is 68.0 cm³/mol. The molecule has 0 saturated heterocycles. The summed E-state index contributed by atoms with van der Waals surface area (Å²) in [5, 5.41) is 8.99. The maximum Gasteiger partial charge on any atom is 0.335 e. The molecule has 0 aromatic carbocycles. The second kappa shape index (κ2) is 4.61. The summed E-state index contributed by atoms with van der Waals surface area (Å²) in [6.45, 7) is 6.50. The summed E-state index contributed by atoms with van der Waals surface area (Å²) < 4.78 is 10.2. The van der Waals surface area contributed by atoms with Gasteiger partial charge >= 0.3 is 11.9 Å². The SMILES string of the molecule is C=C(C(=O)O)c1ccc2c(C)oc(OC(C)=O)cc1-2. The highest BCUT2D eigenvalue weighted by molar-refractivity contribution is 6.17. The molecule has 0 aromatic heterocycles. The molecule has 1 aliphatic heterocycles. The molecular weight excluding hydrogens is 248 g/mol. The van der Waals surface area contributed by atoms with E-state index in [0.29, 0.717) is 16.9 Å². The lowest BCUT2D eigenvalue weighted by Crippen LogP contribution is -2.03. The molecule has 0 aromatic rings. The van der Waals surface area contributed by atoms with E-state index in [-0.39, 0.29) is 11.5 Å². The highest BCUT2D eigenvalue weighted by atomic mass is 16.6. The van der Waals surface area contributed by atoms with Crippen LogP contribution in [-0.2, 0) is 9.59 Å². The van der Waals surface area contributed by atoms with E-state index in [1.54, 1.807) is 19.1 Å². The Morgan fingerprint density at radius 1 is 1.32 bits per heavy atom. The topological polar surface area (TPSA) is 76.7 Å². The van der Waals surface area contributed by atoms with Crippen molar-refractivity contribution in [1.82, 2.24) is 0 Å². The van der Waals surface area contributed by atoms with Gasteiger partial charge in [-0.15, -0.1) is 0 Å². The third-order valence-corrected chi connectivity index (χ3v) is 2.72. The minimum absolute atomic E-state index is 0.0191. The number of fused-ring (bicyclic) bond motifs is 1. The van der Waals surface area contributed by atoms with Gasteiger partial charge in [-0.25, -0.2) is 4.79 Å². The Labute approximate surface area is 109 Å². The fraction of sp³-hybridized carbons (Fsp3) is 0.143. The first kappa shape index (κ1) is 12.9. The zero-order valence-corrected chi connectivity index (χ0v) is 10.5. The Morgan fingerprint density at radius 2 is 2.00 bits per heavy atom. The molecule has 19 heavy (non-hydrogen) atoms. The van der Waals surface area contributed by atoms with E-state index >= 15 is 0 Å². The van der Waals surface area contributed by atoms with Crippen LogP contribution in [0.3, 0.4) is 0 Å². The van der Waals surface area contributed by atoms with Crippen molar-refractivity contribution in [3.8, 4) is 17.1 Å². The zero-order valence-electron chi connectivity index (χ0n) is 10.5. The summed E-state index contributed by atoms with van der Waals surface area (Å²) >= 11 is 0. The first-order valence-corrected chi connectivity index (χ1v) is 5.54. The number of carbonyl (C=O) groups excluding carboxylic acids is 1. The Hall–Kier alpha value is -2.56. The van der Waals surface area contributed by atoms with Gasteiger partial charge in [0.2, 0.25) is 0 Å². The van der Waals surface area contributed by atoms with Crippen molar-refractivity contribution >= 4 is 17.5 Å². The smallest absolute Gasteiger partial charge is 0.335 e. The van der Waals surface area contributed by atoms with Gasteiger partial charge in [-0.1, -0.05) is 18.7 Å². The van der Waals surface area contributed by atoms with Gasteiger partial charge in [-0.2, -0.15) is 0 Å². The van der Waals surface area contributed by atoms with Gasteiger partial charge in [0.05, 0.1) is 5.57 Å². The number of rotatable bonds is 3. The fourth-order valence-electron chi connectivity index (χ4n) is 1.88. The van der Waals surface area contributed by atoms with Crippen LogP contribution in [0.5, 0.6) is 5.95 Å². The molecule has 0 unspecified atom stereocenters. The number of esters is 1. The first-order chi connectivity index (χ1) is 8.90. The molecular formula is C14H12O5. The Morgan fingerprint density at radius 3 is 2.58 bits per heavy atom. The quantitative estimate of drug-likeness (QED) is 0.678. The molecule has 5 heteroatoms. The van der Waals surface area contributed by atoms with Gasteiger partial charge in [-0.05, 0) is 12.5 Å². The summed E-state index contributed by atoms with van der Waals surface area (Å²) in [6.07, 6.45) is 0. The van der Waals surface area contributed by atoms with Crippen LogP contribution in [0.15, 0.2) is 29.2 Å². The number of carbonyl (C=O) groups is 2. The number of hydrogen-bond donors (Lipinski definition) is 1. The summed E-state index contributed by atoms with van der Waals surface area (Å²) in [7, 11) is 0. The van der Waals surface area contributed by atoms with Crippen LogP contribution < -0.4 is 4.74 Å². The van der Waals surface area contributed by atoms with E-state index in [2.05, 4.69) is 6.58 Å². The van der Waals surface area contributed by atoms with Crippen LogP contribution >= 0.6 is 0 Å². The molecule has 0 saturated carbocycles. The van der Waals surface area contributed by atoms with Crippen molar-refractivity contribution in [2.45, 2.75) is 13.8 Å². The van der Waals surface area contributed by atoms with Gasteiger partial charge in [-0.3, -0.25) is 4.79 Å².